The molecule has 0 atom stereocenters. The molecule has 1 aromatic heterocycles. The van der Waals surface area contributed by atoms with E-state index in [1.54, 1.807) is 11.3 Å². The Hall–Kier alpha value is -1.42. The van der Waals surface area contributed by atoms with Crippen LogP contribution in [0.5, 0.6) is 0 Å². The predicted octanol–water partition coefficient (Wildman–Crippen LogP) is 4.42. The molecule has 5 nitrogen and oxygen atoms in total. The molecule has 0 aromatic carbocycles. The van der Waals surface area contributed by atoms with Crippen molar-refractivity contribution >= 4 is 22.2 Å². The third-order valence-electron chi connectivity index (χ3n) is 7.11. The molecule has 2 aliphatic heterocycles. The molecule has 3 aliphatic rings. The molecule has 1 N–H and O–H groups in total. The van der Waals surface area contributed by atoms with Crippen LogP contribution < -0.4 is 5.32 Å². The van der Waals surface area contributed by atoms with Crippen molar-refractivity contribution in [1.29, 1.82) is 5.26 Å². The number of fused-ring (bicyclic) bond motifs is 1. The van der Waals surface area contributed by atoms with Gasteiger partial charge in [0, 0.05) is 24.4 Å². The highest BCUT2D eigenvalue weighted by Crippen LogP contribution is 2.37. The van der Waals surface area contributed by atoms with Gasteiger partial charge in [0.1, 0.15) is 11.1 Å². The monoisotopic (exact) mass is 428 g/mol. The summed E-state index contributed by atoms with van der Waals surface area (Å²) >= 11 is 1.62. The van der Waals surface area contributed by atoms with E-state index in [9.17, 15) is 10.1 Å². The van der Waals surface area contributed by atoms with Crippen LogP contribution in [0.2, 0.25) is 0 Å². The van der Waals surface area contributed by atoms with E-state index in [-0.39, 0.29) is 5.91 Å². The number of likely N-dealkylation sites (tertiary alicyclic amines) is 2. The molecule has 0 radical (unpaired) electrons. The first-order chi connectivity index (χ1) is 14.7. The zero-order valence-corrected chi connectivity index (χ0v) is 19.1. The fourth-order valence-electron chi connectivity index (χ4n) is 5.30. The van der Waals surface area contributed by atoms with E-state index in [1.165, 1.54) is 75.0 Å². The lowest BCUT2D eigenvalue weighted by molar-refractivity contribution is -0.116. The second-order valence-electron chi connectivity index (χ2n) is 9.32. The fraction of sp³-hybridized carbons (Fsp3) is 0.750. The standard InChI is InChI=1S/C24H36N4OS/c25-17-21-20-7-3-4-8-22(20)30-24(21)26-23(29)11-16-27-14-9-19(10-15-27)18-28-12-5-1-2-6-13-28/h19H,1-16,18H2,(H,26,29). The Morgan fingerprint density at radius 3 is 2.47 bits per heavy atom. The van der Waals surface area contributed by atoms with E-state index in [0.717, 1.165) is 55.4 Å². The number of piperidine rings is 1. The van der Waals surface area contributed by atoms with Gasteiger partial charge in [0.25, 0.3) is 0 Å². The lowest BCUT2D eigenvalue weighted by atomic mass is 9.96. The average Bonchev–Trinajstić information content (AvgIpc) is 2.91. The van der Waals surface area contributed by atoms with Crippen LogP contribution in [0.4, 0.5) is 5.00 Å². The van der Waals surface area contributed by atoms with Crippen molar-refractivity contribution < 1.29 is 4.79 Å². The molecule has 6 heteroatoms. The minimum Gasteiger partial charge on any atom is -0.317 e. The number of nitriles is 1. The lowest BCUT2D eigenvalue weighted by Gasteiger charge is -2.34. The lowest BCUT2D eigenvalue weighted by Crippen LogP contribution is -2.40. The maximum absolute atomic E-state index is 12.5. The van der Waals surface area contributed by atoms with Crippen LogP contribution in [0.1, 0.15) is 73.8 Å². The van der Waals surface area contributed by atoms with Gasteiger partial charge in [-0.25, -0.2) is 0 Å². The maximum atomic E-state index is 12.5. The van der Waals surface area contributed by atoms with Gasteiger partial charge in [-0.05, 0) is 89.0 Å². The van der Waals surface area contributed by atoms with Crippen molar-refractivity contribution in [1.82, 2.24) is 9.80 Å². The summed E-state index contributed by atoms with van der Waals surface area (Å²) in [6, 6.07) is 2.34. The molecule has 0 spiro atoms. The second kappa shape index (κ2) is 10.7. The molecule has 164 valence electrons. The number of carbonyl (C=O) groups is 1. The summed E-state index contributed by atoms with van der Waals surface area (Å²) < 4.78 is 0. The highest BCUT2D eigenvalue weighted by atomic mass is 32.1. The van der Waals surface area contributed by atoms with E-state index in [4.69, 9.17) is 0 Å². The molecule has 1 aliphatic carbocycles. The summed E-state index contributed by atoms with van der Waals surface area (Å²) in [4.78, 5) is 19.0. The molecule has 3 heterocycles. The molecular weight excluding hydrogens is 392 g/mol. The van der Waals surface area contributed by atoms with Gasteiger partial charge in [-0.1, -0.05) is 12.8 Å². The fourth-order valence-corrected chi connectivity index (χ4v) is 6.55. The molecule has 30 heavy (non-hydrogen) atoms. The molecule has 4 rings (SSSR count). The summed E-state index contributed by atoms with van der Waals surface area (Å²) in [7, 11) is 0. The topological polar surface area (TPSA) is 59.4 Å². The highest BCUT2D eigenvalue weighted by molar-refractivity contribution is 7.16. The van der Waals surface area contributed by atoms with Gasteiger partial charge in [-0.2, -0.15) is 5.26 Å². The molecular formula is C24H36N4OS. The summed E-state index contributed by atoms with van der Waals surface area (Å²) in [5.74, 6) is 0.876. The number of nitrogens with one attached hydrogen (secondary N) is 1. The van der Waals surface area contributed by atoms with E-state index >= 15 is 0 Å². The van der Waals surface area contributed by atoms with Gasteiger partial charge in [-0.3, -0.25) is 4.79 Å². The van der Waals surface area contributed by atoms with Gasteiger partial charge < -0.3 is 15.1 Å². The van der Waals surface area contributed by atoms with Crippen LogP contribution in [0.3, 0.4) is 0 Å². The molecule has 2 fully saturated rings. The Balaban J connectivity index is 1.19. The van der Waals surface area contributed by atoms with Gasteiger partial charge in [0.2, 0.25) is 5.91 Å². The predicted molar refractivity (Wildman–Crippen MR) is 123 cm³/mol. The number of thiophene rings is 1. The van der Waals surface area contributed by atoms with Crippen molar-refractivity contribution in [2.24, 2.45) is 5.92 Å². The van der Waals surface area contributed by atoms with Gasteiger partial charge in [0.15, 0.2) is 0 Å². The quantitative estimate of drug-likeness (QED) is 0.729. The number of anilines is 1. The third kappa shape index (κ3) is 5.63. The Labute approximate surface area is 185 Å². The third-order valence-corrected chi connectivity index (χ3v) is 8.32. The molecule has 1 amide bonds. The summed E-state index contributed by atoms with van der Waals surface area (Å²) in [5.41, 5.74) is 1.91. The van der Waals surface area contributed by atoms with Gasteiger partial charge >= 0.3 is 0 Å². The Morgan fingerprint density at radius 2 is 1.73 bits per heavy atom. The normalized spacial score (nSPS) is 21.6. The van der Waals surface area contributed by atoms with Crippen LogP contribution in [0.25, 0.3) is 0 Å². The average molecular weight is 429 g/mol. The zero-order valence-electron chi connectivity index (χ0n) is 18.3. The number of hydrogen-bond donors (Lipinski definition) is 1. The van der Waals surface area contributed by atoms with Crippen molar-refractivity contribution in [3.05, 3.63) is 16.0 Å². The van der Waals surface area contributed by atoms with Crippen LogP contribution in [0, 0.1) is 17.2 Å². The first-order valence-electron chi connectivity index (χ1n) is 12.0. The van der Waals surface area contributed by atoms with E-state index < -0.39 is 0 Å². The first kappa shape index (κ1) is 21.8. The molecule has 1 aromatic rings. The van der Waals surface area contributed by atoms with Crippen LogP contribution in [-0.4, -0.2) is 55.0 Å². The Kier molecular flexibility index (Phi) is 7.81. The minimum absolute atomic E-state index is 0.0526. The number of aryl methyl sites for hydroxylation is 1. The number of carbonyl (C=O) groups excluding carboxylic acids is 1. The summed E-state index contributed by atoms with van der Waals surface area (Å²) in [5, 5.41) is 13.4. The number of amides is 1. The Bertz CT molecular complexity index is 752. The van der Waals surface area contributed by atoms with Crippen LogP contribution >= 0.6 is 11.3 Å². The number of rotatable bonds is 6. The summed E-state index contributed by atoms with van der Waals surface area (Å²) in [6.07, 6.45) is 13.0. The Morgan fingerprint density at radius 1 is 1.00 bits per heavy atom. The maximum Gasteiger partial charge on any atom is 0.226 e. The van der Waals surface area contributed by atoms with Crippen molar-refractivity contribution in [2.45, 2.75) is 70.6 Å². The largest absolute Gasteiger partial charge is 0.317 e. The SMILES string of the molecule is N#Cc1c(NC(=O)CCN2CCC(CN3CCCCCC3)CC2)sc2c1CCCC2. The van der Waals surface area contributed by atoms with E-state index in [0.29, 0.717) is 6.42 Å². The summed E-state index contributed by atoms with van der Waals surface area (Å²) in [6.45, 7) is 6.91. The number of nitrogens with zero attached hydrogens (tertiary/aromatic N) is 3. The first-order valence-corrected chi connectivity index (χ1v) is 12.8. The minimum atomic E-state index is 0.0526. The highest BCUT2D eigenvalue weighted by Gasteiger charge is 2.24. The molecule has 0 unspecified atom stereocenters. The van der Waals surface area contributed by atoms with Crippen molar-refractivity contribution in [2.75, 3.05) is 44.6 Å². The van der Waals surface area contributed by atoms with E-state index in [2.05, 4.69) is 21.2 Å². The number of hydrogen-bond acceptors (Lipinski definition) is 5. The van der Waals surface area contributed by atoms with Gasteiger partial charge in [-0.15, -0.1) is 11.3 Å². The second-order valence-corrected chi connectivity index (χ2v) is 10.4. The smallest absolute Gasteiger partial charge is 0.226 e. The van der Waals surface area contributed by atoms with Crippen molar-refractivity contribution in [3.8, 4) is 6.07 Å². The molecule has 2 saturated heterocycles. The van der Waals surface area contributed by atoms with Crippen LogP contribution in [0.15, 0.2) is 0 Å². The van der Waals surface area contributed by atoms with Crippen molar-refractivity contribution in [3.63, 3.8) is 0 Å². The molecule has 0 bridgehead atoms. The zero-order chi connectivity index (χ0) is 20.8. The van der Waals surface area contributed by atoms with Crippen LogP contribution in [-0.2, 0) is 17.6 Å². The van der Waals surface area contributed by atoms with Gasteiger partial charge in [0.05, 0.1) is 5.56 Å². The van der Waals surface area contributed by atoms with E-state index in [1.807, 2.05) is 0 Å². The molecule has 0 saturated carbocycles.